The Morgan fingerprint density at radius 2 is 2.50 bits per heavy atom. The molecule has 1 aliphatic heterocycles. The van der Waals surface area contributed by atoms with Crippen LogP contribution < -0.4 is 10.6 Å². The molecular formula is C12H20N4. The molecule has 0 amide bonds. The van der Waals surface area contributed by atoms with Gasteiger partial charge in [0.2, 0.25) is 0 Å². The van der Waals surface area contributed by atoms with Crippen molar-refractivity contribution in [1.82, 2.24) is 20.5 Å². The molecule has 0 bridgehead atoms. The van der Waals surface area contributed by atoms with Crippen molar-refractivity contribution in [2.75, 3.05) is 33.2 Å². The molecule has 1 aromatic heterocycles. The number of pyridine rings is 1. The number of nitrogens with zero attached hydrogens (tertiary/aromatic N) is 2. The number of hydrogen-bond acceptors (Lipinski definition) is 4. The molecule has 1 aromatic rings. The molecule has 1 saturated heterocycles. The molecule has 0 aliphatic carbocycles. The number of likely N-dealkylation sites (N-methyl/N-ethyl adjacent to an activating group) is 1. The van der Waals surface area contributed by atoms with Gasteiger partial charge in [0.25, 0.3) is 0 Å². The third-order valence-corrected chi connectivity index (χ3v) is 3.06. The largest absolute Gasteiger partial charge is 0.314 e. The standard InChI is InChI=1S/C12H20N4/c1-16-7-6-13-9-12(16)10-14-8-11-4-2-3-5-15-11/h2-5,12-14H,6-10H2,1H3. The molecule has 2 rings (SSSR count). The molecule has 88 valence electrons. The third kappa shape index (κ3) is 3.27. The number of hydrogen-bond donors (Lipinski definition) is 2. The van der Waals surface area contributed by atoms with Crippen LogP contribution in [-0.4, -0.2) is 49.2 Å². The van der Waals surface area contributed by atoms with Crippen LogP contribution in [0.2, 0.25) is 0 Å². The fraction of sp³-hybridized carbons (Fsp3) is 0.583. The predicted molar refractivity (Wildman–Crippen MR) is 65.2 cm³/mol. The van der Waals surface area contributed by atoms with E-state index in [0.717, 1.165) is 38.4 Å². The van der Waals surface area contributed by atoms with E-state index in [1.165, 1.54) is 0 Å². The van der Waals surface area contributed by atoms with Crippen LogP contribution in [0.5, 0.6) is 0 Å². The van der Waals surface area contributed by atoms with E-state index < -0.39 is 0 Å². The third-order valence-electron chi connectivity index (χ3n) is 3.06. The van der Waals surface area contributed by atoms with Gasteiger partial charge in [-0.15, -0.1) is 0 Å². The second kappa shape index (κ2) is 5.94. The van der Waals surface area contributed by atoms with Gasteiger partial charge in [-0.2, -0.15) is 0 Å². The summed E-state index contributed by atoms with van der Waals surface area (Å²) < 4.78 is 0. The Balaban J connectivity index is 1.71. The first-order valence-electron chi connectivity index (χ1n) is 5.88. The molecule has 2 N–H and O–H groups in total. The molecular weight excluding hydrogens is 200 g/mol. The number of nitrogens with one attached hydrogen (secondary N) is 2. The smallest absolute Gasteiger partial charge is 0.0541 e. The minimum Gasteiger partial charge on any atom is -0.314 e. The van der Waals surface area contributed by atoms with Gasteiger partial charge in [-0.05, 0) is 19.2 Å². The van der Waals surface area contributed by atoms with E-state index in [1.807, 2.05) is 18.3 Å². The Morgan fingerprint density at radius 3 is 3.25 bits per heavy atom. The van der Waals surface area contributed by atoms with Gasteiger partial charge in [0.1, 0.15) is 0 Å². The van der Waals surface area contributed by atoms with Crippen molar-refractivity contribution in [3.63, 3.8) is 0 Å². The maximum atomic E-state index is 4.29. The van der Waals surface area contributed by atoms with Gasteiger partial charge in [-0.3, -0.25) is 9.88 Å². The molecule has 1 fully saturated rings. The highest BCUT2D eigenvalue weighted by molar-refractivity contribution is 5.02. The van der Waals surface area contributed by atoms with Gasteiger partial charge >= 0.3 is 0 Å². The van der Waals surface area contributed by atoms with Crippen LogP contribution in [-0.2, 0) is 6.54 Å². The zero-order valence-electron chi connectivity index (χ0n) is 9.82. The monoisotopic (exact) mass is 220 g/mol. The quantitative estimate of drug-likeness (QED) is 0.753. The first-order valence-corrected chi connectivity index (χ1v) is 5.88. The van der Waals surface area contributed by atoms with Crippen LogP contribution in [0.4, 0.5) is 0 Å². The van der Waals surface area contributed by atoms with Crippen LogP contribution in [0.3, 0.4) is 0 Å². The summed E-state index contributed by atoms with van der Waals surface area (Å²) in [6.45, 7) is 5.18. The summed E-state index contributed by atoms with van der Waals surface area (Å²) in [6, 6.07) is 6.62. The van der Waals surface area contributed by atoms with Gasteiger partial charge in [0.05, 0.1) is 5.69 Å². The van der Waals surface area contributed by atoms with Gasteiger partial charge in [-0.25, -0.2) is 0 Å². The lowest BCUT2D eigenvalue weighted by Crippen LogP contribution is -2.53. The highest BCUT2D eigenvalue weighted by Gasteiger charge is 2.17. The lowest BCUT2D eigenvalue weighted by molar-refractivity contribution is 0.195. The van der Waals surface area contributed by atoms with Crippen LogP contribution >= 0.6 is 0 Å². The molecule has 0 aromatic carbocycles. The van der Waals surface area contributed by atoms with E-state index in [-0.39, 0.29) is 0 Å². The van der Waals surface area contributed by atoms with Crippen molar-refractivity contribution in [3.8, 4) is 0 Å². The molecule has 4 nitrogen and oxygen atoms in total. The van der Waals surface area contributed by atoms with E-state index in [0.29, 0.717) is 6.04 Å². The molecule has 0 saturated carbocycles. The summed E-state index contributed by atoms with van der Waals surface area (Å²) in [7, 11) is 2.19. The number of aromatic nitrogens is 1. The van der Waals surface area contributed by atoms with Gasteiger partial charge in [-0.1, -0.05) is 6.07 Å². The number of piperazine rings is 1. The van der Waals surface area contributed by atoms with Crippen LogP contribution in [0.25, 0.3) is 0 Å². The lowest BCUT2D eigenvalue weighted by Gasteiger charge is -2.33. The summed E-state index contributed by atoms with van der Waals surface area (Å²) in [5, 5.41) is 6.87. The Bertz CT molecular complexity index is 301. The van der Waals surface area contributed by atoms with Gasteiger partial charge < -0.3 is 10.6 Å². The molecule has 1 atom stereocenters. The van der Waals surface area contributed by atoms with Crippen molar-refractivity contribution < 1.29 is 0 Å². The van der Waals surface area contributed by atoms with Crippen molar-refractivity contribution in [3.05, 3.63) is 30.1 Å². The average Bonchev–Trinajstić information content (AvgIpc) is 2.33. The van der Waals surface area contributed by atoms with E-state index in [2.05, 4.69) is 33.6 Å². The highest BCUT2D eigenvalue weighted by atomic mass is 15.2. The summed E-state index contributed by atoms with van der Waals surface area (Å²) in [4.78, 5) is 6.69. The summed E-state index contributed by atoms with van der Waals surface area (Å²) >= 11 is 0. The molecule has 1 aliphatic rings. The van der Waals surface area contributed by atoms with Crippen LogP contribution in [0.15, 0.2) is 24.4 Å². The lowest BCUT2D eigenvalue weighted by atomic mass is 10.2. The second-order valence-electron chi connectivity index (χ2n) is 4.29. The zero-order valence-corrected chi connectivity index (χ0v) is 9.82. The maximum Gasteiger partial charge on any atom is 0.0541 e. The maximum absolute atomic E-state index is 4.29. The first kappa shape index (κ1) is 11.5. The van der Waals surface area contributed by atoms with E-state index in [1.54, 1.807) is 0 Å². The molecule has 2 heterocycles. The van der Waals surface area contributed by atoms with Gasteiger partial charge in [0.15, 0.2) is 0 Å². The van der Waals surface area contributed by atoms with E-state index in [9.17, 15) is 0 Å². The van der Waals surface area contributed by atoms with Crippen LogP contribution in [0, 0.1) is 0 Å². The Labute approximate surface area is 97.1 Å². The fourth-order valence-electron chi connectivity index (χ4n) is 1.96. The van der Waals surface area contributed by atoms with Crippen molar-refractivity contribution in [2.24, 2.45) is 0 Å². The fourth-order valence-corrected chi connectivity index (χ4v) is 1.96. The predicted octanol–water partition coefficient (Wildman–Crippen LogP) is 0.0748. The summed E-state index contributed by atoms with van der Waals surface area (Å²) in [5.41, 5.74) is 1.11. The highest BCUT2D eigenvalue weighted by Crippen LogP contribution is 1.99. The Hall–Kier alpha value is -0.970. The molecule has 1 unspecified atom stereocenters. The zero-order chi connectivity index (χ0) is 11.2. The topological polar surface area (TPSA) is 40.2 Å². The van der Waals surface area contributed by atoms with Gasteiger partial charge in [0, 0.05) is 45.0 Å². The minimum absolute atomic E-state index is 0.595. The second-order valence-corrected chi connectivity index (χ2v) is 4.29. The first-order chi connectivity index (χ1) is 7.86. The Kier molecular flexibility index (Phi) is 4.27. The summed E-state index contributed by atoms with van der Waals surface area (Å²) in [5.74, 6) is 0. The number of rotatable bonds is 4. The Morgan fingerprint density at radius 1 is 1.56 bits per heavy atom. The van der Waals surface area contributed by atoms with Crippen molar-refractivity contribution >= 4 is 0 Å². The molecule has 4 heteroatoms. The van der Waals surface area contributed by atoms with Crippen molar-refractivity contribution in [2.45, 2.75) is 12.6 Å². The average molecular weight is 220 g/mol. The SMILES string of the molecule is CN1CCNCC1CNCc1ccccn1. The van der Waals surface area contributed by atoms with E-state index >= 15 is 0 Å². The molecule has 0 radical (unpaired) electrons. The van der Waals surface area contributed by atoms with E-state index in [4.69, 9.17) is 0 Å². The summed E-state index contributed by atoms with van der Waals surface area (Å²) in [6.07, 6.45) is 1.84. The minimum atomic E-state index is 0.595. The van der Waals surface area contributed by atoms with Crippen molar-refractivity contribution in [1.29, 1.82) is 0 Å². The molecule has 16 heavy (non-hydrogen) atoms. The van der Waals surface area contributed by atoms with Crippen LogP contribution in [0.1, 0.15) is 5.69 Å². The molecule has 0 spiro atoms. The normalized spacial score (nSPS) is 22.2.